The van der Waals surface area contributed by atoms with E-state index < -0.39 is 23.8 Å². The molecular weight excluding hydrogens is 386 g/mol. The van der Waals surface area contributed by atoms with Gasteiger partial charge in [-0.05, 0) is 55.3 Å². The van der Waals surface area contributed by atoms with Gasteiger partial charge < -0.3 is 9.67 Å². The van der Waals surface area contributed by atoms with Crippen LogP contribution in [0.2, 0.25) is 0 Å². The summed E-state index contributed by atoms with van der Waals surface area (Å²) in [6, 6.07) is 8.89. The lowest BCUT2D eigenvalue weighted by atomic mass is 9.93. The third-order valence-corrected chi connectivity index (χ3v) is 5.54. The molecule has 1 saturated heterocycles. The number of aromatic carboxylic acids is 1. The molecule has 8 heteroatoms. The number of urea groups is 1. The number of carboxylic acids is 1. The van der Waals surface area contributed by atoms with Gasteiger partial charge in [-0.2, -0.15) is 0 Å². The summed E-state index contributed by atoms with van der Waals surface area (Å²) in [6.07, 6.45) is 7.67. The highest BCUT2D eigenvalue weighted by Gasteiger charge is 2.40. The highest BCUT2D eigenvalue weighted by molar-refractivity contribution is 6.31. The first-order valence-electron chi connectivity index (χ1n) is 9.87. The van der Waals surface area contributed by atoms with E-state index in [9.17, 15) is 19.2 Å². The van der Waals surface area contributed by atoms with Crippen molar-refractivity contribution in [3.05, 3.63) is 59.4 Å². The molecule has 1 aromatic carbocycles. The van der Waals surface area contributed by atoms with Gasteiger partial charge in [0.15, 0.2) is 0 Å². The fraction of sp³-hybridized carbons (Fsp3) is 0.273. The predicted octanol–water partition coefficient (Wildman–Crippen LogP) is 2.97. The summed E-state index contributed by atoms with van der Waals surface area (Å²) in [5.41, 5.74) is 1.31. The Kier molecular flexibility index (Phi) is 5.22. The molecule has 2 aliphatic rings. The second-order valence-electron chi connectivity index (χ2n) is 7.44. The molecule has 0 unspecified atom stereocenters. The van der Waals surface area contributed by atoms with Crippen LogP contribution in [0, 0.1) is 0 Å². The van der Waals surface area contributed by atoms with E-state index >= 15 is 0 Å². The maximum atomic E-state index is 13.0. The average Bonchev–Trinajstić information content (AvgIpc) is 3.20. The SMILES string of the molecule is O=C1NC(=O)N(C2CCCCC2)C(=O)C1=Cc1cccn1-c1ccc(C(=O)O)cc1. The van der Waals surface area contributed by atoms with Gasteiger partial charge in [0.2, 0.25) is 0 Å². The minimum atomic E-state index is -1.02. The number of benzene rings is 1. The standard InChI is InChI=1S/C22H21N3O5/c26-19-18(20(27)25(22(30)23-19)16-5-2-1-3-6-16)13-17-7-4-12-24(17)15-10-8-14(9-11-15)21(28)29/h4,7-13,16H,1-3,5-6H2,(H,28,29)(H,23,26,30). The van der Waals surface area contributed by atoms with Gasteiger partial charge in [0.25, 0.3) is 11.8 Å². The van der Waals surface area contributed by atoms with Gasteiger partial charge in [-0.3, -0.25) is 19.8 Å². The molecule has 154 valence electrons. The first-order valence-corrected chi connectivity index (χ1v) is 9.87. The van der Waals surface area contributed by atoms with Crippen molar-refractivity contribution < 1.29 is 24.3 Å². The van der Waals surface area contributed by atoms with E-state index in [1.54, 1.807) is 35.0 Å². The zero-order valence-corrected chi connectivity index (χ0v) is 16.2. The van der Waals surface area contributed by atoms with Crippen LogP contribution in [0.1, 0.15) is 48.2 Å². The fourth-order valence-corrected chi connectivity index (χ4v) is 4.00. The third-order valence-electron chi connectivity index (χ3n) is 5.54. The smallest absolute Gasteiger partial charge is 0.335 e. The number of nitrogens with zero attached hydrogens (tertiary/aromatic N) is 2. The number of rotatable bonds is 4. The van der Waals surface area contributed by atoms with Gasteiger partial charge in [-0.25, -0.2) is 9.59 Å². The van der Waals surface area contributed by atoms with Crippen molar-refractivity contribution in [3.8, 4) is 5.69 Å². The number of barbiturate groups is 1. The molecular formula is C22H21N3O5. The lowest BCUT2D eigenvalue weighted by molar-refractivity contribution is -0.132. The summed E-state index contributed by atoms with van der Waals surface area (Å²) in [5.74, 6) is -2.32. The minimum Gasteiger partial charge on any atom is -0.478 e. The highest BCUT2D eigenvalue weighted by atomic mass is 16.4. The molecule has 0 spiro atoms. The number of carbonyl (C=O) groups excluding carboxylic acids is 3. The molecule has 1 aliphatic carbocycles. The van der Waals surface area contributed by atoms with Gasteiger partial charge in [0, 0.05) is 23.6 Å². The molecule has 0 radical (unpaired) electrons. The van der Waals surface area contributed by atoms with E-state index in [4.69, 9.17) is 5.11 Å². The Labute approximate surface area is 172 Å². The summed E-state index contributed by atoms with van der Waals surface area (Å²) in [5, 5.41) is 11.3. The number of carboxylic acid groups (broad SMARTS) is 1. The number of amides is 4. The highest BCUT2D eigenvalue weighted by Crippen LogP contribution is 2.26. The first kappa shape index (κ1) is 19.6. The number of aromatic nitrogens is 1. The molecule has 0 bridgehead atoms. The van der Waals surface area contributed by atoms with Crippen molar-refractivity contribution in [2.75, 3.05) is 0 Å². The summed E-state index contributed by atoms with van der Waals surface area (Å²) < 4.78 is 1.74. The lowest BCUT2D eigenvalue weighted by Crippen LogP contribution is -2.58. The molecule has 2 heterocycles. The fourth-order valence-electron chi connectivity index (χ4n) is 4.00. The van der Waals surface area contributed by atoms with E-state index in [0.717, 1.165) is 32.1 Å². The number of hydrogen-bond donors (Lipinski definition) is 2. The van der Waals surface area contributed by atoms with Gasteiger partial charge in [-0.15, -0.1) is 0 Å². The minimum absolute atomic E-state index is 0.0951. The van der Waals surface area contributed by atoms with Crippen LogP contribution in [0.3, 0.4) is 0 Å². The number of nitrogens with one attached hydrogen (secondary N) is 1. The monoisotopic (exact) mass is 407 g/mol. The average molecular weight is 407 g/mol. The summed E-state index contributed by atoms with van der Waals surface area (Å²) in [6.45, 7) is 0. The Balaban J connectivity index is 1.66. The van der Waals surface area contributed by atoms with Crippen molar-refractivity contribution >= 4 is 29.9 Å². The molecule has 2 N–H and O–H groups in total. The van der Waals surface area contributed by atoms with Crippen LogP contribution in [0.5, 0.6) is 0 Å². The normalized spacial score (nSPS) is 19.3. The van der Waals surface area contributed by atoms with Gasteiger partial charge in [0.1, 0.15) is 5.57 Å². The molecule has 2 fully saturated rings. The Morgan fingerprint density at radius 3 is 2.40 bits per heavy atom. The number of carbonyl (C=O) groups is 4. The Hall–Kier alpha value is -3.68. The molecule has 4 rings (SSSR count). The molecule has 1 saturated carbocycles. The van der Waals surface area contributed by atoms with Crippen LogP contribution in [0.4, 0.5) is 4.79 Å². The van der Waals surface area contributed by atoms with E-state index in [1.165, 1.54) is 23.1 Å². The van der Waals surface area contributed by atoms with Crippen molar-refractivity contribution in [1.82, 2.24) is 14.8 Å². The molecule has 1 aliphatic heterocycles. The van der Waals surface area contributed by atoms with Gasteiger partial charge in [-0.1, -0.05) is 19.3 Å². The second-order valence-corrected chi connectivity index (χ2v) is 7.44. The summed E-state index contributed by atoms with van der Waals surface area (Å²) >= 11 is 0. The van der Waals surface area contributed by atoms with Gasteiger partial charge in [0.05, 0.1) is 5.56 Å². The molecule has 0 atom stereocenters. The molecule has 4 amide bonds. The van der Waals surface area contributed by atoms with E-state index in [0.29, 0.717) is 11.4 Å². The van der Waals surface area contributed by atoms with Crippen LogP contribution in [-0.2, 0) is 9.59 Å². The Morgan fingerprint density at radius 2 is 1.73 bits per heavy atom. The molecule has 1 aromatic heterocycles. The quantitative estimate of drug-likeness (QED) is 0.598. The predicted molar refractivity (Wildman–Crippen MR) is 108 cm³/mol. The van der Waals surface area contributed by atoms with E-state index in [2.05, 4.69) is 5.32 Å². The van der Waals surface area contributed by atoms with Crippen LogP contribution < -0.4 is 5.32 Å². The Bertz CT molecular complexity index is 1040. The van der Waals surface area contributed by atoms with Crippen LogP contribution in [0.15, 0.2) is 48.2 Å². The van der Waals surface area contributed by atoms with Crippen molar-refractivity contribution in [1.29, 1.82) is 0 Å². The van der Waals surface area contributed by atoms with E-state index in [-0.39, 0.29) is 17.2 Å². The molecule has 30 heavy (non-hydrogen) atoms. The summed E-state index contributed by atoms with van der Waals surface area (Å²) in [4.78, 5) is 50.0. The summed E-state index contributed by atoms with van der Waals surface area (Å²) in [7, 11) is 0. The Morgan fingerprint density at radius 1 is 1.03 bits per heavy atom. The van der Waals surface area contributed by atoms with Crippen molar-refractivity contribution in [2.45, 2.75) is 38.1 Å². The first-order chi connectivity index (χ1) is 14.5. The van der Waals surface area contributed by atoms with Crippen molar-refractivity contribution in [3.63, 3.8) is 0 Å². The lowest BCUT2D eigenvalue weighted by Gasteiger charge is -2.35. The van der Waals surface area contributed by atoms with Crippen LogP contribution in [0.25, 0.3) is 11.8 Å². The third kappa shape index (κ3) is 3.63. The van der Waals surface area contributed by atoms with E-state index in [1.807, 2.05) is 0 Å². The second kappa shape index (κ2) is 7.98. The molecule has 8 nitrogen and oxygen atoms in total. The number of imide groups is 2. The van der Waals surface area contributed by atoms with Crippen LogP contribution >= 0.6 is 0 Å². The number of hydrogen-bond acceptors (Lipinski definition) is 4. The van der Waals surface area contributed by atoms with Crippen molar-refractivity contribution in [2.24, 2.45) is 0 Å². The maximum absolute atomic E-state index is 13.0. The van der Waals surface area contributed by atoms with Gasteiger partial charge >= 0.3 is 12.0 Å². The zero-order chi connectivity index (χ0) is 21.3. The topological polar surface area (TPSA) is 109 Å². The van der Waals surface area contributed by atoms with Crippen LogP contribution in [-0.4, -0.2) is 44.4 Å². The maximum Gasteiger partial charge on any atom is 0.335 e. The molecule has 2 aromatic rings. The largest absolute Gasteiger partial charge is 0.478 e. The zero-order valence-electron chi connectivity index (χ0n) is 16.2.